The number of anilines is 1. The fraction of sp³-hybridized carbons (Fsp3) is 0.417. The van der Waals surface area contributed by atoms with Crippen LogP contribution in [0.15, 0.2) is 24.3 Å². The van der Waals surface area contributed by atoms with Crippen LogP contribution in [0.4, 0.5) is 5.69 Å². The van der Waals surface area contributed by atoms with E-state index in [0.717, 1.165) is 0 Å². The Hall–Kier alpha value is -1.60. The van der Waals surface area contributed by atoms with E-state index in [1.807, 2.05) is 0 Å². The predicted octanol–water partition coefficient (Wildman–Crippen LogP) is 1.04. The number of carbonyl (C=O) groups excluding carboxylic acids is 1. The Morgan fingerprint density at radius 3 is 2.74 bits per heavy atom. The van der Waals surface area contributed by atoms with Crippen molar-refractivity contribution >= 4 is 21.7 Å². The lowest BCUT2D eigenvalue weighted by Gasteiger charge is -2.10. The molecule has 0 aliphatic rings. The number of aliphatic hydroxyl groups excluding tert-OH is 1. The van der Waals surface area contributed by atoms with Crippen LogP contribution in [-0.4, -0.2) is 32.4 Å². The van der Waals surface area contributed by atoms with Crippen LogP contribution in [0, 0.1) is 0 Å². The normalized spacial score (nSPS) is 12.8. The minimum Gasteiger partial charge on any atom is -0.469 e. The molecule has 2 N–H and O–H groups in total. The van der Waals surface area contributed by atoms with Crippen molar-refractivity contribution in [2.45, 2.75) is 19.4 Å². The van der Waals surface area contributed by atoms with E-state index in [2.05, 4.69) is 9.46 Å². The zero-order valence-corrected chi connectivity index (χ0v) is 11.6. The number of benzene rings is 1. The van der Waals surface area contributed by atoms with Crippen molar-refractivity contribution in [2.24, 2.45) is 0 Å². The summed E-state index contributed by atoms with van der Waals surface area (Å²) in [7, 11) is -2.41. The fourth-order valence-corrected chi connectivity index (χ4v) is 2.44. The van der Waals surface area contributed by atoms with E-state index in [4.69, 9.17) is 0 Å². The number of sulfonamides is 1. The number of esters is 1. The highest BCUT2D eigenvalue weighted by atomic mass is 32.2. The minimum atomic E-state index is -3.61. The number of methoxy groups -OCH3 is 1. The molecule has 6 nitrogen and oxygen atoms in total. The number of hydrogen-bond donors (Lipinski definition) is 2. The van der Waals surface area contributed by atoms with Gasteiger partial charge in [0.05, 0.1) is 25.4 Å². The van der Waals surface area contributed by atoms with Crippen LogP contribution in [-0.2, 0) is 19.6 Å². The first-order valence-corrected chi connectivity index (χ1v) is 7.34. The van der Waals surface area contributed by atoms with Gasteiger partial charge in [-0.15, -0.1) is 0 Å². The Labute approximate surface area is 112 Å². The summed E-state index contributed by atoms with van der Waals surface area (Å²) >= 11 is 0. The summed E-state index contributed by atoms with van der Waals surface area (Å²) in [5, 5.41) is 9.42. The third-order valence-electron chi connectivity index (χ3n) is 2.44. The molecule has 7 heteroatoms. The topological polar surface area (TPSA) is 92.7 Å². The van der Waals surface area contributed by atoms with Gasteiger partial charge in [-0.3, -0.25) is 9.52 Å². The maximum atomic E-state index is 11.7. The molecule has 1 aromatic carbocycles. The molecule has 106 valence electrons. The van der Waals surface area contributed by atoms with Gasteiger partial charge in [-0.2, -0.15) is 0 Å². The van der Waals surface area contributed by atoms with Gasteiger partial charge in [0, 0.05) is 5.69 Å². The lowest BCUT2D eigenvalue weighted by molar-refractivity contribution is -0.140. The van der Waals surface area contributed by atoms with Crippen molar-refractivity contribution in [3.8, 4) is 0 Å². The molecule has 19 heavy (non-hydrogen) atoms. The van der Waals surface area contributed by atoms with Crippen LogP contribution >= 0.6 is 0 Å². The van der Waals surface area contributed by atoms with Crippen LogP contribution in [0.2, 0.25) is 0 Å². The summed E-state index contributed by atoms with van der Waals surface area (Å²) in [6.45, 7) is 1.59. The van der Waals surface area contributed by atoms with E-state index in [1.165, 1.54) is 7.11 Å². The molecule has 0 bridgehead atoms. The van der Waals surface area contributed by atoms with Crippen LogP contribution in [0.1, 0.15) is 25.0 Å². The van der Waals surface area contributed by atoms with Gasteiger partial charge in [0.2, 0.25) is 10.0 Å². The maximum absolute atomic E-state index is 11.7. The van der Waals surface area contributed by atoms with Crippen molar-refractivity contribution in [1.29, 1.82) is 0 Å². The molecule has 0 amide bonds. The van der Waals surface area contributed by atoms with Crippen LogP contribution in [0.25, 0.3) is 0 Å². The van der Waals surface area contributed by atoms with Gasteiger partial charge in [-0.1, -0.05) is 12.1 Å². The number of ether oxygens (including phenoxy) is 1. The van der Waals surface area contributed by atoms with E-state index in [1.54, 1.807) is 31.2 Å². The highest BCUT2D eigenvalue weighted by molar-refractivity contribution is 7.92. The number of hydrogen-bond acceptors (Lipinski definition) is 5. The van der Waals surface area contributed by atoms with Crippen LogP contribution in [0.5, 0.6) is 0 Å². The Balaban J connectivity index is 2.72. The number of aliphatic hydroxyl groups is 1. The van der Waals surface area contributed by atoms with Crippen molar-refractivity contribution in [1.82, 2.24) is 0 Å². The maximum Gasteiger partial charge on any atom is 0.306 e. The molecule has 1 unspecified atom stereocenters. The smallest absolute Gasteiger partial charge is 0.306 e. The monoisotopic (exact) mass is 287 g/mol. The van der Waals surface area contributed by atoms with Crippen molar-refractivity contribution in [3.05, 3.63) is 29.8 Å². The third kappa shape index (κ3) is 5.27. The molecule has 0 fully saturated rings. The second kappa shape index (κ2) is 6.53. The first-order chi connectivity index (χ1) is 8.84. The second-order valence-corrected chi connectivity index (χ2v) is 5.89. The van der Waals surface area contributed by atoms with E-state index < -0.39 is 22.1 Å². The van der Waals surface area contributed by atoms with Gasteiger partial charge in [0.15, 0.2) is 0 Å². The van der Waals surface area contributed by atoms with E-state index >= 15 is 0 Å². The number of nitrogens with one attached hydrogen (secondary N) is 1. The summed E-state index contributed by atoms with van der Waals surface area (Å²) in [6, 6.07) is 6.44. The summed E-state index contributed by atoms with van der Waals surface area (Å²) in [5.74, 6) is -0.929. The number of rotatable bonds is 6. The zero-order valence-electron chi connectivity index (χ0n) is 10.8. The summed E-state index contributed by atoms with van der Waals surface area (Å²) in [5.41, 5.74) is 0.955. The highest BCUT2D eigenvalue weighted by Crippen LogP contribution is 2.18. The molecule has 0 aliphatic carbocycles. The highest BCUT2D eigenvalue weighted by Gasteiger charge is 2.14. The first kappa shape index (κ1) is 15.5. The van der Waals surface area contributed by atoms with Gasteiger partial charge in [-0.05, 0) is 24.6 Å². The Morgan fingerprint density at radius 2 is 2.16 bits per heavy atom. The summed E-state index contributed by atoms with van der Waals surface area (Å²) in [6.07, 6.45) is -0.887. The molecule has 0 saturated carbocycles. The SMILES string of the molecule is COC(=O)CCS(=O)(=O)Nc1cccc(C(C)O)c1. The molecule has 0 radical (unpaired) electrons. The fourth-order valence-electron chi connectivity index (χ4n) is 1.41. The predicted molar refractivity (Wildman–Crippen MR) is 71.1 cm³/mol. The Kier molecular flexibility index (Phi) is 5.31. The van der Waals surface area contributed by atoms with E-state index in [9.17, 15) is 18.3 Å². The molecule has 1 atom stereocenters. The lowest BCUT2D eigenvalue weighted by atomic mass is 10.1. The lowest BCUT2D eigenvalue weighted by Crippen LogP contribution is -2.19. The molecule has 1 aromatic rings. The minimum absolute atomic E-state index is 0.206. The molecule has 0 aromatic heterocycles. The molecular formula is C12H17NO5S. The van der Waals surface area contributed by atoms with Gasteiger partial charge < -0.3 is 9.84 Å². The average molecular weight is 287 g/mol. The van der Waals surface area contributed by atoms with E-state index in [0.29, 0.717) is 11.3 Å². The molecule has 1 rings (SSSR count). The first-order valence-electron chi connectivity index (χ1n) is 5.69. The van der Waals surface area contributed by atoms with Crippen molar-refractivity contribution in [3.63, 3.8) is 0 Å². The van der Waals surface area contributed by atoms with E-state index in [-0.39, 0.29) is 12.2 Å². The Morgan fingerprint density at radius 1 is 1.47 bits per heavy atom. The van der Waals surface area contributed by atoms with Crippen LogP contribution < -0.4 is 4.72 Å². The zero-order chi connectivity index (χ0) is 14.5. The van der Waals surface area contributed by atoms with Gasteiger partial charge in [-0.25, -0.2) is 8.42 Å². The summed E-state index contributed by atoms with van der Waals surface area (Å²) in [4.78, 5) is 10.9. The quantitative estimate of drug-likeness (QED) is 0.763. The largest absolute Gasteiger partial charge is 0.469 e. The van der Waals surface area contributed by atoms with Crippen molar-refractivity contribution in [2.75, 3.05) is 17.6 Å². The Bertz CT molecular complexity index is 539. The van der Waals surface area contributed by atoms with Crippen molar-refractivity contribution < 1.29 is 23.1 Å². The standard InChI is InChI=1S/C12H17NO5S/c1-9(14)10-4-3-5-11(8-10)13-19(16,17)7-6-12(15)18-2/h3-5,8-9,13-14H,6-7H2,1-2H3. The van der Waals surface area contributed by atoms with Gasteiger partial charge in [0.1, 0.15) is 0 Å². The third-order valence-corrected chi connectivity index (χ3v) is 3.73. The molecule has 0 saturated heterocycles. The molecule has 0 heterocycles. The second-order valence-electron chi connectivity index (χ2n) is 4.05. The van der Waals surface area contributed by atoms with Gasteiger partial charge >= 0.3 is 5.97 Å². The molecule has 0 spiro atoms. The average Bonchev–Trinajstić information content (AvgIpc) is 2.35. The van der Waals surface area contributed by atoms with Crippen LogP contribution in [0.3, 0.4) is 0 Å². The number of carbonyl (C=O) groups is 1. The molecular weight excluding hydrogens is 270 g/mol. The summed E-state index contributed by atoms with van der Waals surface area (Å²) < 4.78 is 30.2. The van der Waals surface area contributed by atoms with Gasteiger partial charge in [0.25, 0.3) is 0 Å². The molecule has 0 aliphatic heterocycles.